The third-order valence-electron chi connectivity index (χ3n) is 3.22. The van der Waals surface area contributed by atoms with Crippen molar-refractivity contribution in [2.45, 2.75) is 104 Å². The fraction of sp³-hybridized carbons (Fsp3) is 1.00. The van der Waals surface area contributed by atoms with Gasteiger partial charge in [-0.2, -0.15) is 0 Å². The highest BCUT2D eigenvalue weighted by Crippen LogP contribution is 2.25. The molecule has 0 saturated carbocycles. The minimum atomic E-state index is -2.94. The van der Waals surface area contributed by atoms with Crippen LogP contribution < -0.4 is 0 Å². The zero-order valence-electron chi connectivity index (χ0n) is 23.1. The van der Waals surface area contributed by atoms with Gasteiger partial charge in [-0.25, -0.2) is 0 Å². The Morgan fingerprint density at radius 3 is 1.62 bits per heavy atom. The summed E-state index contributed by atoms with van der Waals surface area (Å²) < 4.78 is 28.5. The largest absolute Gasteiger partial charge is 0.486 e. The van der Waals surface area contributed by atoms with E-state index in [1.54, 1.807) is 19.6 Å². The van der Waals surface area contributed by atoms with Gasteiger partial charge in [0.2, 0.25) is 0 Å². The normalized spacial score (nSPS) is 25.0. The summed E-state index contributed by atoms with van der Waals surface area (Å²) in [7, 11) is -13.8. The van der Waals surface area contributed by atoms with Crippen molar-refractivity contribution in [3.05, 3.63) is 0 Å². The highest BCUT2D eigenvalue weighted by atomic mass is 28.5. The minimum Gasteiger partial charge on any atom is -0.439 e. The molecule has 0 radical (unpaired) electrons. The van der Waals surface area contributed by atoms with Crippen LogP contribution in [0.1, 0.15) is 6.42 Å². The molecule has 1 fully saturated rings. The van der Waals surface area contributed by atoms with Crippen molar-refractivity contribution in [1.82, 2.24) is 0 Å². The summed E-state index contributed by atoms with van der Waals surface area (Å²) in [6.45, 7) is 28.2. The van der Waals surface area contributed by atoms with Crippen molar-refractivity contribution in [1.29, 1.82) is 0 Å². The van der Waals surface area contributed by atoms with E-state index < -0.39 is 60.2 Å². The first-order valence-corrected chi connectivity index (χ1v) is 31.3. The lowest BCUT2D eigenvalue weighted by Gasteiger charge is -2.35. The average molecular weight is 581 g/mol. The van der Waals surface area contributed by atoms with E-state index in [2.05, 4.69) is 32.7 Å². The fourth-order valence-corrected chi connectivity index (χ4v) is 22.4. The van der Waals surface area contributed by atoms with Crippen molar-refractivity contribution >= 4 is 60.2 Å². The molecule has 0 aromatic rings. The molecule has 1 aliphatic heterocycles. The first-order valence-electron chi connectivity index (χ1n) is 11.3. The van der Waals surface area contributed by atoms with Crippen LogP contribution in [0, 0.1) is 0 Å². The second kappa shape index (κ2) is 13.5. The highest BCUT2D eigenvalue weighted by molar-refractivity contribution is 6.85. The molecule has 0 aromatic heterocycles. The summed E-state index contributed by atoms with van der Waals surface area (Å²) in [4.78, 5) is 28.1. The zero-order valence-corrected chi connectivity index (χ0v) is 30.2. The third kappa shape index (κ3) is 27.4. The van der Waals surface area contributed by atoms with Gasteiger partial charge in [0, 0.05) is 13.2 Å². The average Bonchev–Trinajstić information content (AvgIpc) is 2.37. The first kappa shape index (κ1) is 35.4. The summed E-state index contributed by atoms with van der Waals surface area (Å²) in [6, 6.07) is 1.07. The Kier molecular flexibility index (Phi) is 14.9. The van der Waals surface area contributed by atoms with Crippen LogP contribution in [0.15, 0.2) is 0 Å². The Hall–Kier alpha value is 1.20. The molecular weight excluding hydrogens is 529 g/mol. The lowest BCUT2D eigenvalue weighted by Crippen LogP contribution is -2.53. The van der Waals surface area contributed by atoms with Gasteiger partial charge in [0.1, 0.15) is 0 Å². The Bertz CT molecular complexity index is 484. The quantitative estimate of drug-likeness (QED) is 0.426. The Balaban J connectivity index is 0. The van der Waals surface area contributed by atoms with E-state index in [-0.39, 0.29) is 0 Å². The van der Waals surface area contributed by atoms with Gasteiger partial charge in [-0.3, -0.25) is 0 Å². The summed E-state index contributed by atoms with van der Waals surface area (Å²) in [5, 5.41) is 0. The molecule has 0 spiro atoms. The van der Waals surface area contributed by atoms with Crippen molar-refractivity contribution in [3.8, 4) is 0 Å². The Labute approximate surface area is 205 Å². The van der Waals surface area contributed by atoms with E-state index in [4.69, 9.17) is 25.7 Å². The maximum atomic E-state index is 9.97. The van der Waals surface area contributed by atoms with E-state index in [1.165, 1.54) is 0 Å². The zero-order chi connectivity index (χ0) is 26.2. The monoisotopic (exact) mass is 580 g/mol. The predicted molar refractivity (Wildman–Crippen MR) is 150 cm³/mol. The summed E-state index contributed by atoms with van der Waals surface area (Å²) in [5.41, 5.74) is 0. The van der Waals surface area contributed by atoms with Crippen LogP contribution in [0.25, 0.3) is 0 Å². The van der Waals surface area contributed by atoms with Gasteiger partial charge in [-0.15, -0.1) is 0 Å². The van der Waals surface area contributed by atoms with Crippen LogP contribution in [0.3, 0.4) is 0 Å². The molecular formula is C17H52O8Si7. The van der Waals surface area contributed by atoms with Gasteiger partial charge >= 0.3 is 25.9 Å². The summed E-state index contributed by atoms with van der Waals surface area (Å²) in [5.74, 6) is 0. The van der Waals surface area contributed by atoms with Crippen LogP contribution in [-0.2, 0) is 20.9 Å². The van der Waals surface area contributed by atoms with E-state index in [1.807, 2.05) is 39.3 Å². The molecule has 15 heteroatoms. The van der Waals surface area contributed by atoms with E-state index in [9.17, 15) is 9.59 Å². The molecule has 8 nitrogen and oxygen atoms in total. The van der Waals surface area contributed by atoms with Gasteiger partial charge in [-0.1, -0.05) is 0 Å². The van der Waals surface area contributed by atoms with Crippen LogP contribution in [-0.4, -0.2) is 81.2 Å². The van der Waals surface area contributed by atoms with Crippen LogP contribution in [0.5, 0.6) is 0 Å². The van der Waals surface area contributed by atoms with Crippen molar-refractivity contribution in [2.75, 3.05) is 6.61 Å². The van der Waals surface area contributed by atoms with Gasteiger partial charge in [-0.05, 0) is 97.6 Å². The van der Waals surface area contributed by atoms with Crippen LogP contribution in [0.4, 0.5) is 0 Å². The van der Waals surface area contributed by atoms with Gasteiger partial charge < -0.3 is 35.3 Å². The molecule has 1 rings (SSSR count). The van der Waals surface area contributed by atoms with E-state index in [0.29, 0.717) is 6.61 Å². The first-order chi connectivity index (χ1) is 13.7. The van der Waals surface area contributed by atoms with Crippen LogP contribution in [0.2, 0.25) is 97.7 Å². The number of hydrogen-bond donors (Lipinski definition) is 3. The smallest absolute Gasteiger partial charge is 0.439 e. The molecule has 2 unspecified atom stereocenters. The molecule has 1 heterocycles. The number of rotatable bonds is 4. The van der Waals surface area contributed by atoms with Crippen molar-refractivity contribution < 1.29 is 35.3 Å². The minimum absolute atomic E-state index is 0.587. The van der Waals surface area contributed by atoms with E-state index in [0.717, 1.165) is 12.5 Å². The SMILES string of the molecule is C[SiH](O[Si](C)(C)C)O[Si](C)(C)O.C[Si](C)(C)O.C[Si]1(C)CCCO[Si](C)(O)O[Si](C)(C)O1. The number of hydrogen-bond acceptors (Lipinski definition) is 8. The molecule has 0 bridgehead atoms. The molecule has 0 amide bonds. The van der Waals surface area contributed by atoms with Crippen molar-refractivity contribution in [3.63, 3.8) is 0 Å². The Morgan fingerprint density at radius 1 is 0.812 bits per heavy atom. The topological polar surface area (TPSA) is 107 Å². The molecule has 1 aliphatic rings. The predicted octanol–water partition coefficient (Wildman–Crippen LogP) is 4.12. The molecule has 32 heavy (non-hydrogen) atoms. The fourth-order valence-electron chi connectivity index (χ4n) is 2.91. The Morgan fingerprint density at radius 2 is 1.25 bits per heavy atom. The van der Waals surface area contributed by atoms with Crippen LogP contribution >= 0.6 is 0 Å². The van der Waals surface area contributed by atoms with Gasteiger partial charge in [0.05, 0.1) is 0 Å². The van der Waals surface area contributed by atoms with Gasteiger partial charge in [0.15, 0.2) is 25.0 Å². The highest BCUT2D eigenvalue weighted by Gasteiger charge is 2.44. The maximum Gasteiger partial charge on any atom is 0.486 e. The summed E-state index contributed by atoms with van der Waals surface area (Å²) >= 11 is 0. The molecule has 0 aliphatic carbocycles. The molecule has 0 aromatic carbocycles. The van der Waals surface area contributed by atoms with Gasteiger partial charge in [0.25, 0.3) is 9.28 Å². The van der Waals surface area contributed by atoms with E-state index >= 15 is 0 Å². The lowest BCUT2D eigenvalue weighted by atomic mass is 10.5. The van der Waals surface area contributed by atoms with Crippen molar-refractivity contribution in [2.24, 2.45) is 0 Å². The summed E-state index contributed by atoms with van der Waals surface area (Å²) in [6.07, 6.45) is 0.955. The molecule has 1 saturated heterocycles. The third-order valence-corrected chi connectivity index (χ3v) is 21.0. The standard InChI is InChI=1S/C8H22O4Si3.C6H20O3Si3.C3H10OSi/c1-13(2)8-6-7-10-15(5,9)12-14(3,4)11-13;1-10(8-11(2,3)4)9-12(5,6)7;1-5(2,3)4/h9H,6-8H2,1-5H3;7,10H,1-6H3;4H,1-3H3. The second-order valence-corrected chi connectivity index (χ2v) is 36.8. The molecule has 3 N–H and O–H groups in total. The lowest BCUT2D eigenvalue weighted by molar-refractivity contribution is 0.154. The molecule has 2 atom stereocenters. The molecule has 196 valence electrons. The maximum absolute atomic E-state index is 9.97. The second-order valence-electron chi connectivity index (χ2n) is 11.7.